The van der Waals surface area contributed by atoms with Gasteiger partial charge in [0.15, 0.2) is 0 Å². The van der Waals surface area contributed by atoms with E-state index in [1.54, 1.807) is 0 Å². The number of rotatable bonds is 7. The first-order valence-corrected chi connectivity index (χ1v) is 7.83. The minimum absolute atomic E-state index is 0.294. The van der Waals surface area contributed by atoms with Crippen LogP contribution in [0.1, 0.15) is 37.0 Å². The predicted molar refractivity (Wildman–Crippen MR) is 79.0 cm³/mol. The number of nitrogens with two attached hydrogens (primary N) is 1. The summed E-state index contributed by atoms with van der Waals surface area (Å²) in [5.74, 6) is 0.208. The highest BCUT2D eigenvalue weighted by molar-refractivity contribution is 7.99. The molecular weight excluding hydrogens is 284 g/mol. The molecule has 0 aromatic carbocycles. The van der Waals surface area contributed by atoms with Crippen LogP contribution in [0.5, 0.6) is 0 Å². The molecular formula is C11H18N4O2S2. The number of urea groups is 1. The second-order valence-corrected chi connectivity index (χ2v) is 5.75. The van der Waals surface area contributed by atoms with Crippen molar-refractivity contribution in [1.29, 1.82) is 0 Å². The Labute approximate surface area is 120 Å². The van der Waals surface area contributed by atoms with Gasteiger partial charge in [-0.25, -0.2) is 4.79 Å². The molecule has 19 heavy (non-hydrogen) atoms. The quantitative estimate of drug-likeness (QED) is 0.531. The smallest absolute Gasteiger partial charge is 0.319 e. The molecule has 0 bridgehead atoms. The minimum atomic E-state index is -0.575. The molecule has 1 aromatic heterocycles. The Kier molecular flexibility index (Phi) is 6.65. The lowest BCUT2D eigenvalue weighted by molar-refractivity contribution is 0.0998. The van der Waals surface area contributed by atoms with E-state index in [9.17, 15) is 9.59 Å². The molecule has 0 saturated carbocycles. The van der Waals surface area contributed by atoms with Gasteiger partial charge in [-0.15, -0.1) is 11.8 Å². The molecule has 1 rings (SSSR count). The number of thioether (sulfide) groups is 1. The summed E-state index contributed by atoms with van der Waals surface area (Å²) in [6.07, 6.45) is 1.92. The lowest BCUT2D eigenvalue weighted by atomic mass is 10.3. The van der Waals surface area contributed by atoms with Crippen LogP contribution < -0.4 is 16.4 Å². The molecule has 0 unspecified atom stereocenters. The Bertz CT molecular complexity index is 448. The molecule has 3 amide bonds. The van der Waals surface area contributed by atoms with Gasteiger partial charge in [0.1, 0.15) is 15.6 Å². The van der Waals surface area contributed by atoms with Gasteiger partial charge in [0, 0.05) is 6.54 Å². The zero-order chi connectivity index (χ0) is 14.3. The van der Waals surface area contributed by atoms with Crippen molar-refractivity contribution in [2.75, 3.05) is 17.6 Å². The summed E-state index contributed by atoms with van der Waals surface area (Å²) in [7, 11) is 0. The normalized spacial score (nSPS) is 10.2. The summed E-state index contributed by atoms with van der Waals surface area (Å²) >= 11 is 2.49. The molecule has 0 aliphatic rings. The summed E-state index contributed by atoms with van der Waals surface area (Å²) in [6.45, 7) is 4.60. The zero-order valence-corrected chi connectivity index (χ0v) is 12.6. The average Bonchev–Trinajstić information content (AvgIpc) is 2.73. The standard InChI is InChI=1S/C11H18N4O2S2/c1-3-5-6-13-11(17)14-9-7(8(12)16)10(15-19-9)18-4-2/h3-6H2,1-2H3,(H2,12,16)(H2,13,14,17). The van der Waals surface area contributed by atoms with Crippen molar-refractivity contribution >= 4 is 40.2 Å². The number of unbranched alkanes of at least 4 members (excludes halogenated alkanes) is 1. The second-order valence-electron chi connectivity index (χ2n) is 3.72. The van der Waals surface area contributed by atoms with E-state index < -0.39 is 5.91 Å². The van der Waals surface area contributed by atoms with E-state index in [0.29, 0.717) is 22.1 Å². The number of anilines is 1. The summed E-state index contributed by atoms with van der Waals surface area (Å²) in [6, 6.07) is -0.340. The SMILES string of the molecule is CCCCNC(=O)Nc1snc(SCC)c1C(N)=O. The topological polar surface area (TPSA) is 97.1 Å². The highest BCUT2D eigenvalue weighted by Crippen LogP contribution is 2.31. The summed E-state index contributed by atoms with van der Waals surface area (Å²) in [5, 5.41) is 6.30. The minimum Gasteiger partial charge on any atom is -0.365 e. The number of hydrogen-bond acceptors (Lipinski definition) is 5. The number of nitrogens with zero attached hydrogens (tertiary/aromatic N) is 1. The molecule has 4 N–H and O–H groups in total. The van der Waals surface area contributed by atoms with Gasteiger partial charge in [-0.1, -0.05) is 20.3 Å². The van der Waals surface area contributed by atoms with E-state index in [0.717, 1.165) is 30.1 Å². The fraction of sp³-hybridized carbons (Fsp3) is 0.545. The molecule has 106 valence electrons. The maximum absolute atomic E-state index is 11.6. The number of primary amides is 1. The second kappa shape index (κ2) is 8.00. The van der Waals surface area contributed by atoms with Crippen LogP contribution in [0.15, 0.2) is 5.03 Å². The molecule has 0 atom stereocenters. The first-order valence-electron chi connectivity index (χ1n) is 6.07. The molecule has 1 aromatic rings. The zero-order valence-electron chi connectivity index (χ0n) is 11.0. The van der Waals surface area contributed by atoms with Gasteiger partial charge in [-0.3, -0.25) is 10.1 Å². The molecule has 8 heteroatoms. The largest absolute Gasteiger partial charge is 0.365 e. The van der Waals surface area contributed by atoms with Crippen LogP contribution in [0.4, 0.5) is 9.80 Å². The number of carbonyl (C=O) groups excluding carboxylic acids is 2. The van der Waals surface area contributed by atoms with E-state index in [4.69, 9.17) is 5.73 Å². The molecule has 0 aliphatic heterocycles. The molecule has 0 aliphatic carbocycles. The Morgan fingerprint density at radius 2 is 2.16 bits per heavy atom. The number of aromatic nitrogens is 1. The van der Waals surface area contributed by atoms with E-state index in [1.165, 1.54) is 11.8 Å². The van der Waals surface area contributed by atoms with Gasteiger partial charge < -0.3 is 11.1 Å². The number of carbonyl (C=O) groups is 2. The maximum atomic E-state index is 11.6. The Morgan fingerprint density at radius 3 is 2.74 bits per heavy atom. The first-order chi connectivity index (χ1) is 9.10. The van der Waals surface area contributed by atoms with E-state index in [1.807, 2.05) is 13.8 Å². The van der Waals surface area contributed by atoms with Gasteiger partial charge in [-0.2, -0.15) is 4.37 Å². The Hall–Kier alpha value is -1.28. The Morgan fingerprint density at radius 1 is 1.42 bits per heavy atom. The lowest BCUT2D eigenvalue weighted by Crippen LogP contribution is -2.30. The third kappa shape index (κ3) is 4.71. The molecule has 0 spiro atoms. The van der Waals surface area contributed by atoms with Crippen LogP contribution in [-0.2, 0) is 0 Å². The van der Waals surface area contributed by atoms with Crippen LogP contribution in [0.2, 0.25) is 0 Å². The van der Waals surface area contributed by atoms with E-state index in [2.05, 4.69) is 15.0 Å². The van der Waals surface area contributed by atoms with Crippen LogP contribution in [-0.4, -0.2) is 28.6 Å². The van der Waals surface area contributed by atoms with Crippen molar-refractivity contribution in [3.05, 3.63) is 5.56 Å². The van der Waals surface area contributed by atoms with Crippen LogP contribution >= 0.6 is 23.3 Å². The fourth-order valence-corrected chi connectivity index (χ4v) is 3.04. The summed E-state index contributed by atoms with van der Waals surface area (Å²) in [4.78, 5) is 23.1. The van der Waals surface area contributed by atoms with E-state index in [-0.39, 0.29) is 6.03 Å². The van der Waals surface area contributed by atoms with Crippen molar-refractivity contribution in [2.24, 2.45) is 5.73 Å². The van der Waals surface area contributed by atoms with Gasteiger partial charge >= 0.3 is 6.03 Å². The Balaban J connectivity index is 2.72. The lowest BCUT2D eigenvalue weighted by Gasteiger charge is -2.06. The number of amides is 3. The highest BCUT2D eigenvalue weighted by Gasteiger charge is 2.20. The molecule has 6 nitrogen and oxygen atoms in total. The van der Waals surface area contributed by atoms with Gasteiger partial charge in [0.2, 0.25) is 0 Å². The first kappa shape index (κ1) is 15.8. The summed E-state index contributed by atoms with van der Waals surface area (Å²) < 4.78 is 4.14. The van der Waals surface area contributed by atoms with Crippen molar-refractivity contribution in [2.45, 2.75) is 31.7 Å². The van der Waals surface area contributed by atoms with Crippen LogP contribution in [0.25, 0.3) is 0 Å². The highest BCUT2D eigenvalue weighted by atomic mass is 32.2. The predicted octanol–water partition coefficient (Wildman–Crippen LogP) is 2.28. The maximum Gasteiger partial charge on any atom is 0.319 e. The van der Waals surface area contributed by atoms with Crippen molar-refractivity contribution in [3.8, 4) is 0 Å². The van der Waals surface area contributed by atoms with Crippen LogP contribution in [0, 0.1) is 0 Å². The average molecular weight is 302 g/mol. The van der Waals surface area contributed by atoms with Crippen molar-refractivity contribution in [1.82, 2.24) is 9.69 Å². The van der Waals surface area contributed by atoms with Crippen LogP contribution in [0.3, 0.4) is 0 Å². The molecule has 0 fully saturated rings. The molecule has 0 saturated heterocycles. The summed E-state index contributed by atoms with van der Waals surface area (Å²) in [5.41, 5.74) is 5.62. The van der Waals surface area contributed by atoms with Gasteiger partial charge in [-0.05, 0) is 23.7 Å². The van der Waals surface area contributed by atoms with Gasteiger partial charge in [0.25, 0.3) is 5.91 Å². The third-order valence-corrected chi connectivity index (χ3v) is 3.97. The third-order valence-electron chi connectivity index (χ3n) is 2.23. The number of nitrogens with one attached hydrogen (secondary N) is 2. The monoisotopic (exact) mass is 302 g/mol. The van der Waals surface area contributed by atoms with Crippen molar-refractivity contribution in [3.63, 3.8) is 0 Å². The molecule has 1 heterocycles. The molecule has 0 radical (unpaired) electrons. The van der Waals surface area contributed by atoms with Gasteiger partial charge in [0.05, 0.1) is 0 Å². The van der Waals surface area contributed by atoms with Crippen molar-refractivity contribution < 1.29 is 9.59 Å². The number of hydrogen-bond donors (Lipinski definition) is 3. The van der Waals surface area contributed by atoms with E-state index >= 15 is 0 Å². The fourth-order valence-electron chi connectivity index (χ4n) is 1.34.